The number of pyridine rings is 1. The molecule has 3 rings (SSSR count). The molecule has 3 heterocycles. The first-order valence-corrected chi connectivity index (χ1v) is 5.82. The van der Waals surface area contributed by atoms with Crippen LogP contribution in [0, 0.1) is 0 Å². The van der Waals surface area contributed by atoms with Crippen molar-refractivity contribution in [2.24, 2.45) is 5.73 Å². The number of fused-ring (bicyclic) bond motifs is 1. The lowest BCUT2D eigenvalue weighted by Crippen LogP contribution is -2.34. The zero-order valence-electron chi connectivity index (χ0n) is 10.3. The van der Waals surface area contributed by atoms with E-state index in [1.165, 1.54) is 6.33 Å². The zero-order chi connectivity index (χ0) is 13.4. The van der Waals surface area contributed by atoms with Crippen molar-refractivity contribution in [3.05, 3.63) is 47.7 Å². The van der Waals surface area contributed by atoms with Gasteiger partial charge in [0.05, 0.1) is 5.57 Å². The Bertz CT molecular complexity index is 660. The minimum absolute atomic E-state index is 0.391. The number of nitrogens with one attached hydrogen (secondary N) is 2. The number of rotatable bonds is 2. The van der Waals surface area contributed by atoms with Gasteiger partial charge in [-0.15, -0.1) is 0 Å². The van der Waals surface area contributed by atoms with Crippen LogP contribution in [-0.4, -0.2) is 20.7 Å². The number of hydrogen-bond donors (Lipinski definition) is 2. The fourth-order valence-corrected chi connectivity index (χ4v) is 2.27. The molecule has 2 aromatic heterocycles. The monoisotopic (exact) mass is 257 g/mol. The number of H-pyrrole nitrogens is 1. The Morgan fingerprint density at radius 1 is 1.53 bits per heavy atom. The third kappa shape index (κ3) is 1.75. The van der Waals surface area contributed by atoms with Crippen LogP contribution in [0.4, 0.5) is 5.95 Å². The van der Waals surface area contributed by atoms with Crippen molar-refractivity contribution in [1.29, 1.82) is 0 Å². The first kappa shape index (κ1) is 11.4. The van der Waals surface area contributed by atoms with Gasteiger partial charge in [-0.3, -0.25) is 4.79 Å². The second-order valence-electron chi connectivity index (χ2n) is 4.28. The molecule has 7 heteroatoms. The number of nitrogens with zero attached hydrogens (tertiary/aromatic N) is 3. The van der Waals surface area contributed by atoms with Gasteiger partial charge in [0.2, 0.25) is 17.5 Å². The summed E-state index contributed by atoms with van der Waals surface area (Å²) >= 11 is 0. The molecule has 1 atom stereocenters. The van der Waals surface area contributed by atoms with Crippen LogP contribution in [-0.2, 0) is 4.79 Å². The van der Waals surface area contributed by atoms with Crippen LogP contribution in [0.25, 0.3) is 0 Å². The molecule has 7 nitrogen and oxygen atoms in total. The van der Waals surface area contributed by atoms with Gasteiger partial charge in [0.15, 0.2) is 12.2 Å². The first-order chi connectivity index (χ1) is 9.18. The summed E-state index contributed by atoms with van der Waals surface area (Å²) in [5, 5.41) is 7.19. The van der Waals surface area contributed by atoms with Crippen LogP contribution < -0.4 is 16.0 Å². The van der Waals surface area contributed by atoms with E-state index >= 15 is 0 Å². The summed E-state index contributed by atoms with van der Waals surface area (Å²) in [5.74, 6) is 0.109. The summed E-state index contributed by atoms with van der Waals surface area (Å²) in [7, 11) is 0. The number of aromatic amines is 1. The van der Waals surface area contributed by atoms with Crippen molar-refractivity contribution in [2.75, 3.05) is 5.32 Å². The number of carbonyl (C=O) groups is 1. The highest BCUT2D eigenvalue weighted by molar-refractivity contribution is 5.95. The lowest BCUT2D eigenvalue weighted by molar-refractivity contribution is -0.393. The fraction of sp³-hybridized carbons (Fsp3) is 0.167. The van der Waals surface area contributed by atoms with Gasteiger partial charge in [-0.25, -0.2) is 9.67 Å². The highest BCUT2D eigenvalue weighted by atomic mass is 16.1. The Hall–Kier alpha value is -2.70. The Labute approximate surface area is 109 Å². The molecule has 1 aliphatic rings. The van der Waals surface area contributed by atoms with E-state index in [0.717, 1.165) is 5.69 Å². The largest absolute Gasteiger partial charge is 0.366 e. The number of amides is 1. The molecule has 1 aliphatic heterocycles. The predicted molar refractivity (Wildman–Crippen MR) is 66.7 cm³/mol. The number of hydrogen-bond acceptors (Lipinski definition) is 4. The Morgan fingerprint density at radius 2 is 2.37 bits per heavy atom. The number of nitrogens with two attached hydrogens (primary N) is 1. The van der Waals surface area contributed by atoms with E-state index in [1.54, 1.807) is 17.8 Å². The van der Waals surface area contributed by atoms with Gasteiger partial charge in [-0.1, -0.05) is 6.07 Å². The van der Waals surface area contributed by atoms with Crippen molar-refractivity contribution >= 4 is 11.9 Å². The van der Waals surface area contributed by atoms with E-state index in [9.17, 15) is 4.79 Å². The summed E-state index contributed by atoms with van der Waals surface area (Å²) in [6.45, 7) is 1.80. The smallest absolute Gasteiger partial charge is 0.249 e. The average Bonchev–Trinajstić information content (AvgIpc) is 2.85. The van der Waals surface area contributed by atoms with Crippen LogP contribution in [0.5, 0.6) is 0 Å². The molecule has 0 saturated heterocycles. The molecule has 96 valence electrons. The highest BCUT2D eigenvalue weighted by Crippen LogP contribution is 2.31. The number of allylic oxidation sites excluding steroid dienone is 1. The van der Waals surface area contributed by atoms with Gasteiger partial charge in [-0.2, -0.15) is 10.1 Å². The molecule has 2 aromatic rings. The fourth-order valence-electron chi connectivity index (χ4n) is 2.27. The summed E-state index contributed by atoms with van der Waals surface area (Å²) in [4.78, 5) is 19.0. The molecule has 0 fully saturated rings. The molecule has 0 aromatic carbocycles. The van der Waals surface area contributed by atoms with E-state index < -0.39 is 11.9 Å². The van der Waals surface area contributed by atoms with Gasteiger partial charge in [0.1, 0.15) is 6.33 Å². The van der Waals surface area contributed by atoms with Gasteiger partial charge in [0.25, 0.3) is 0 Å². The third-order valence-electron chi connectivity index (χ3n) is 3.09. The highest BCUT2D eigenvalue weighted by Gasteiger charge is 2.35. The molecule has 0 spiro atoms. The minimum atomic E-state index is -0.478. The molecular weight excluding hydrogens is 244 g/mol. The molecule has 0 bridgehead atoms. The van der Waals surface area contributed by atoms with E-state index in [4.69, 9.17) is 5.73 Å². The van der Waals surface area contributed by atoms with Gasteiger partial charge >= 0.3 is 0 Å². The topological polar surface area (TPSA) is 100.0 Å². The van der Waals surface area contributed by atoms with Crippen molar-refractivity contribution in [3.63, 3.8) is 0 Å². The summed E-state index contributed by atoms with van der Waals surface area (Å²) in [6, 6.07) is 5.25. The molecule has 1 unspecified atom stereocenters. The number of anilines is 1. The summed E-state index contributed by atoms with van der Waals surface area (Å²) in [6.07, 6.45) is 3.23. The van der Waals surface area contributed by atoms with Crippen LogP contribution in [0.1, 0.15) is 18.7 Å². The molecule has 0 aliphatic carbocycles. The molecular formula is C12H13N6O+. The van der Waals surface area contributed by atoms with Crippen molar-refractivity contribution in [3.8, 4) is 0 Å². The molecule has 19 heavy (non-hydrogen) atoms. The number of primary amides is 1. The summed E-state index contributed by atoms with van der Waals surface area (Å²) in [5.41, 5.74) is 7.48. The van der Waals surface area contributed by atoms with Gasteiger partial charge in [-0.05, 0) is 6.92 Å². The Balaban J connectivity index is 2.21. The maximum Gasteiger partial charge on any atom is 0.249 e. The van der Waals surface area contributed by atoms with Gasteiger partial charge in [0, 0.05) is 17.8 Å². The van der Waals surface area contributed by atoms with E-state index in [2.05, 4.69) is 20.4 Å². The molecule has 0 saturated carbocycles. The third-order valence-corrected chi connectivity index (χ3v) is 3.09. The molecule has 4 N–H and O–H groups in total. The van der Waals surface area contributed by atoms with Crippen molar-refractivity contribution < 1.29 is 9.78 Å². The zero-order valence-corrected chi connectivity index (χ0v) is 10.3. The van der Waals surface area contributed by atoms with Crippen LogP contribution in [0.15, 0.2) is 42.0 Å². The van der Waals surface area contributed by atoms with Crippen molar-refractivity contribution in [1.82, 2.24) is 14.8 Å². The van der Waals surface area contributed by atoms with Crippen LogP contribution in [0.3, 0.4) is 0 Å². The lowest BCUT2D eigenvalue weighted by atomic mass is 9.99. The maximum atomic E-state index is 11.7. The standard InChI is InChI=1S/C12H12N6O/c1-7-9(11(13)19)10(8-4-2-3-5-14-8)18-12(17-7)15-6-16-18/h2-6,10H,1H3,(H2,13,19)(H,15,16,17)/p+1. The van der Waals surface area contributed by atoms with E-state index in [1.807, 2.05) is 18.2 Å². The predicted octanol–water partition coefficient (Wildman–Crippen LogP) is -0.134. The van der Waals surface area contributed by atoms with Crippen molar-refractivity contribution in [2.45, 2.75) is 13.0 Å². The maximum absolute atomic E-state index is 11.7. The Morgan fingerprint density at radius 3 is 3.05 bits per heavy atom. The quantitative estimate of drug-likeness (QED) is 0.782. The normalized spacial score (nSPS) is 17.8. The summed E-state index contributed by atoms with van der Waals surface area (Å²) < 4.78 is 1.64. The van der Waals surface area contributed by atoms with E-state index in [-0.39, 0.29) is 0 Å². The molecule has 1 amide bonds. The lowest BCUT2D eigenvalue weighted by Gasteiger charge is -2.24. The number of aromatic nitrogens is 4. The minimum Gasteiger partial charge on any atom is -0.366 e. The van der Waals surface area contributed by atoms with E-state index in [0.29, 0.717) is 17.2 Å². The average molecular weight is 257 g/mol. The molecule has 0 radical (unpaired) electrons. The number of carbonyl (C=O) groups excluding carboxylic acids is 1. The SMILES string of the molecule is CC1=C(C(N)=O)C(c2cccc[nH+]2)n2ncnc2N1. The van der Waals surface area contributed by atoms with Gasteiger partial charge < -0.3 is 11.1 Å². The second kappa shape index (κ2) is 4.20. The first-order valence-electron chi connectivity index (χ1n) is 5.82. The van der Waals surface area contributed by atoms with Crippen LogP contribution >= 0.6 is 0 Å². The van der Waals surface area contributed by atoms with Crippen LogP contribution in [0.2, 0.25) is 0 Å². The second-order valence-corrected chi connectivity index (χ2v) is 4.28. The Kier molecular flexibility index (Phi) is 2.52.